The normalized spacial score (nSPS) is 17.2. The number of rotatable bonds is 5. The highest BCUT2D eigenvalue weighted by molar-refractivity contribution is 6.01. The zero-order valence-corrected chi connectivity index (χ0v) is 20.2. The van der Waals surface area contributed by atoms with Crippen LogP contribution in [0, 0.1) is 0 Å². The standard InChI is InChI=1S/C29H26N4O3/c1-18-25(28-31-27(32-36-28)21-12-15-24(35-2)16-13-21)26(20-7-4-3-5-8-20)30-29(34)33(18)23-14-11-19-9-6-10-22(19)17-23/h3-5,7-8,11-17,26H,6,9-10H2,1-2H3,(H,30,34). The Balaban J connectivity index is 1.46. The van der Waals surface area contributed by atoms with E-state index in [1.54, 1.807) is 12.0 Å². The topological polar surface area (TPSA) is 80.5 Å². The number of ether oxygens (including phenoxy) is 1. The number of carbonyl (C=O) groups excluding carboxylic acids is 1. The highest BCUT2D eigenvalue weighted by Crippen LogP contribution is 2.40. The highest BCUT2D eigenvalue weighted by atomic mass is 16.5. The number of aryl methyl sites for hydroxylation is 2. The molecule has 2 heterocycles. The fourth-order valence-electron chi connectivity index (χ4n) is 5.11. The Morgan fingerprint density at radius 1 is 1.00 bits per heavy atom. The molecule has 0 bridgehead atoms. The molecule has 0 fully saturated rings. The van der Waals surface area contributed by atoms with Crippen molar-refractivity contribution in [2.24, 2.45) is 0 Å². The first-order valence-corrected chi connectivity index (χ1v) is 12.1. The average molecular weight is 479 g/mol. The number of allylic oxidation sites excluding steroid dienone is 1. The summed E-state index contributed by atoms with van der Waals surface area (Å²) in [7, 11) is 1.63. The van der Waals surface area contributed by atoms with E-state index in [9.17, 15) is 4.79 Å². The molecular formula is C29H26N4O3. The summed E-state index contributed by atoms with van der Waals surface area (Å²) in [5, 5.41) is 7.43. The van der Waals surface area contributed by atoms with Crippen LogP contribution in [0.25, 0.3) is 17.0 Å². The Labute approximate surface area is 209 Å². The van der Waals surface area contributed by atoms with Gasteiger partial charge in [0.15, 0.2) is 0 Å². The van der Waals surface area contributed by atoms with Crippen molar-refractivity contribution >= 4 is 17.3 Å². The van der Waals surface area contributed by atoms with Crippen LogP contribution >= 0.6 is 0 Å². The molecule has 1 aliphatic heterocycles. The molecule has 1 aliphatic carbocycles. The van der Waals surface area contributed by atoms with Crippen LogP contribution in [-0.2, 0) is 12.8 Å². The Morgan fingerprint density at radius 3 is 2.56 bits per heavy atom. The molecule has 7 heteroatoms. The number of urea groups is 1. The van der Waals surface area contributed by atoms with Crippen LogP contribution in [0.1, 0.15) is 42.0 Å². The number of anilines is 1. The SMILES string of the molecule is COc1ccc(-c2noc(C3=C(C)N(c4ccc5c(c4)CCC5)C(=O)NC3c3ccccc3)n2)cc1. The summed E-state index contributed by atoms with van der Waals surface area (Å²) >= 11 is 0. The van der Waals surface area contributed by atoms with Gasteiger partial charge in [0, 0.05) is 11.3 Å². The fraction of sp³-hybridized carbons (Fsp3) is 0.207. The predicted octanol–water partition coefficient (Wildman–Crippen LogP) is 5.94. The smallest absolute Gasteiger partial charge is 0.326 e. The number of carbonyl (C=O) groups is 1. The van der Waals surface area contributed by atoms with Gasteiger partial charge >= 0.3 is 6.03 Å². The van der Waals surface area contributed by atoms with Crippen molar-refractivity contribution in [1.29, 1.82) is 0 Å². The zero-order valence-electron chi connectivity index (χ0n) is 20.2. The lowest BCUT2D eigenvalue weighted by Gasteiger charge is -2.35. The van der Waals surface area contributed by atoms with Crippen molar-refractivity contribution < 1.29 is 14.1 Å². The Hall–Kier alpha value is -4.39. The van der Waals surface area contributed by atoms with E-state index in [0.29, 0.717) is 11.7 Å². The average Bonchev–Trinajstić information content (AvgIpc) is 3.59. The van der Waals surface area contributed by atoms with Gasteiger partial charge in [-0.3, -0.25) is 4.90 Å². The van der Waals surface area contributed by atoms with Gasteiger partial charge in [0.2, 0.25) is 5.82 Å². The van der Waals surface area contributed by atoms with Crippen molar-refractivity contribution in [3.05, 3.63) is 101 Å². The fourth-order valence-corrected chi connectivity index (χ4v) is 5.11. The van der Waals surface area contributed by atoms with Gasteiger partial charge in [0.25, 0.3) is 5.89 Å². The molecule has 3 aromatic carbocycles. The Bertz CT molecular complexity index is 1460. The predicted molar refractivity (Wildman–Crippen MR) is 138 cm³/mol. The van der Waals surface area contributed by atoms with Crippen LogP contribution in [0.4, 0.5) is 10.5 Å². The number of benzene rings is 3. The molecule has 1 N–H and O–H groups in total. The van der Waals surface area contributed by atoms with E-state index in [1.165, 1.54) is 11.1 Å². The van der Waals surface area contributed by atoms with Gasteiger partial charge in [-0.2, -0.15) is 4.98 Å². The van der Waals surface area contributed by atoms with Crippen molar-refractivity contribution in [1.82, 2.24) is 15.5 Å². The molecule has 0 radical (unpaired) electrons. The second-order valence-electron chi connectivity index (χ2n) is 9.09. The first-order valence-electron chi connectivity index (χ1n) is 12.1. The minimum atomic E-state index is -0.423. The second kappa shape index (κ2) is 9.00. The molecule has 1 aromatic heterocycles. The summed E-state index contributed by atoms with van der Waals surface area (Å²) in [4.78, 5) is 19.9. The van der Waals surface area contributed by atoms with E-state index >= 15 is 0 Å². The monoisotopic (exact) mass is 478 g/mol. The van der Waals surface area contributed by atoms with Crippen LogP contribution in [0.3, 0.4) is 0 Å². The summed E-state index contributed by atoms with van der Waals surface area (Å²) in [6, 6.07) is 23.0. The number of fused-ring (bicyclic) bond motifs is 1. The van der Waals surface area contributed by atoms with Crippen molar-refractivity contribution in [2.75, 3.05) is 12.0 Å². The molecule has 36 heavy (non-hydrogen) atoms. The summed E-state index contributed by atoms with van der Waals surface area (Å²) < 4.78 is 11.1. The van der Waals surface area contributed by atoms with Gasteiger partial charge in [-0.15, -0.1) is 0 Å². The largest absolute Gasteiger partial charge is 0.497 e. The van der Waals surface area contributed by atoms with E-state index < -0.39 is 6.04 Å². The minimum absolute atomic E-state index is 0.182. The molecule has 0 saturated carbocycles. The van der Waals surface area contributed by atoms with E-state index in [2.05, 4.69) is 22.6 Å². The maximum absolute atomic E-state index is 13.5. The Morgan fingerprint density at radius 2 is 1.78 bits per heavy atom. The summed E-state index contributed by atoms with van der Waals surface area (Å²) in [5.74, 6) is 1.60. The number of amides is 2. The molecule has 2 amide bonds. The summed E-state index contributed by atoms with van der Waals surface area (Å²) in [6.45, 7) is 1.94. The first kappa shape index (κ1) is 22.1. The van der Waals surface area contributed by atoms with Crippen LogP contribution in [-0.4, -0.2) is 23.3 Å². The van der Waals surface area contributed by atoms with Gasteiger partial charge in [-0.25, -0.2) is 4.79 Å². The van der Waals surface area contributed by atoms with Gasteiger partial charge in [0.1, 0.15) is 5.75 Å². The maximum atomic E-state index is 13.5. The Kier molecular flexibility index (Phi) is 5.52. The lowest BCUT2D eigenvalue weighted by atomic mass is 9.94. The molecule has 0 spiro atoms. The number of nitrogens with one attached hydrogen (secondary N) is 1. The number of nitrogens with zero attached hydrogens (tertiary/aromatic N) is 3. The second-order valence-corrected chi connectivity index (χ2v) is 9.09. The molecule has 1 unspecified atom stereocenters. The van der Waals surface area contributed by atoms with Gasteiger partial charge in [-0.1, -0.05) is 41.6 Å². The number of aromatic nitrogens is 2. The molecule has 2 aliphatic rings. The van der Waals surface area contributed by atoms with Crippen LogP contribution in [0.2, 0.25) is 0 Å². The van der Waals surface area contributed by atoms with Crippen molar-refractivity contribution in [3.63, 3.8) is 0 Å². The quantitative estimate of drug-likeness (QED) is 0.384. The van der Waals surface area contributed by atoms with Crippen molar-refractivity contribution in [3.8, 4) is 17.1 Å². The van der Waals surface area contributed by atoms with Crippen molar-refractivity contribution in [2.45, 2.75) is 32.2 Å². The van der Waals surface area contributed by atoms with Crippen LogP contribution in [0.5, 0.6) is 5.75 Å². The lowest BCUT2D eigenvalue weighted by molar-refractivity contribution is 0.244. The summed E-state index contributed by atoms with van der Waals surface area (Å²) in [5.41, 5.74) is 6.79. The number of hydrogen-bond donors (Lipinski definition) is 1. The molecular weight excluding hydrogens is 452 g/mol. The van der Waals surface area contributed by atoms with Gasteiger partial charge < -0.3 is 14.6 Å². The minimum Gasteiger partial charge on any atom is -0.497 e. The van der Waals surface area contributed by atoms with Crippen LogP contribution in [0.15, 0.2) is 83.0 Å². The number of hydrogen-bond acceptors (Lipinski definition) is 5. The highest BCUT2D eigenvalue weighted by Gasteiger charge is 2.36. The molecule has 4 aromatic rings. The van der Waals surface area contributed by atoms with Crippen LogP contribution < -0.4 is 15.0 Å². The van der Waals surface area contributed by atoms with Gasteiger partial charge in [0.05, 0.1) is 24.4 Å². The molecule has 0 saturated heterocycles. The molecule has 180 valence electrons. The molecule has 1 atom stereocenters. The third-order valence-corrected chi connectivity index (χ3v) is 6.96. The third-order valence-electron chi connectivity index (χ3n) is 6.96. The third kappa shape index (κ3) is 3.82. The zero-order chi connectivity index (χ0) is 24.6. The number of methoxy groups -OCH3 is 1. The van der Waals surface area contributed by atoms with E-state index in [0.717, 1.165) is 53.1 Å². The molecule has 7 nitrogen and oxygen atoms in total. The van der Waals surface area contributed by atoms with E-state index in [-0.39, 0.29) is 6.03 Å². The molecule has 6 rings (SSSR count). The maximum Gasteiger partial charge on any atom is 0.326 e. The summed E-state index contributed by atoms with van der Waals surface area (Å²) in [6.07, 6.45) is 3.28. The van der Waals surface area contributed by atoms with Gasteiger partial charge in [-0.05, 0) is 79.3 Å². The first-order chi connectivity index (χ1) is 17.6. The lowest BCUT2D eigenvalue weighted by Crippen LogP contribution is -2.46. The van der Waals surface area contributed by atoms with E-state index in [1.807, 2.05) is 67.6 Å². The van der Waals surface area contributed by atoms with E-state index in [4.69, 9.17) is 14.2 Å².